The maximum absolute atomic E-state index is 11.3. The molecule has 15 heavy (non-hydrogen) atoms. The Morgan fingerprint density at radius 3 is 3.00 bits per heavy atom. The van der Waals surface area contributed by atoms with Crippen LogP contribution < -0.4 is 5.73 Å². The first kappa shape index (κ1) is 11.0. The normalized spacial score (nSPS) is 24.5. The Hall–Kier alpha value is -0.460. The molecule has 1 aromatic heterocycles. The van der Waals surface area contributed by atoms with Crippen molar-refractivity contribution in [2.75, 3.05) is 18.1 Å². The standard InChI is InChI=1S/C9H14N2O2S2/c10-3-1-8-5-14-9(11-8)7-2-4-15(12,13)6-7/h5,7H,1-4,6,10H2. The van der Waals surface area contributed by atoms with Gasteiger partial charge in [-0.05, 0) is 13.0 Å². The predicted octanol–water partition coefficient (Wildman–Crippen LogP) is 0.546. The highest BCUT2D eigenvalue weighted by Crippen LogP contribution is 2.30. The lowest BCUT2D eigenvalue weighted by Crippen LogP contribution is -2.05. The van der Waals surface area contributed by atoms with Crippen molar-refractivity contribution in [1.29, 1.82) is 0 Å². The van der Waals surface area contributed by atoms with Crippen LogP contribution in [0.15, 0.2) is 5.38 Å². The van der Waals surface area contributed by atoms with Crippen molar-refractivity contribution in [2.24, 2.45) is 5.73 Å². The van der Waals surface area contributed by atoms with E-state index in [0.29, 0.717) is 12.3 Å². The lowest BCUT2D eigenvalue weighted by molar-refractivity contribution is 0.601. The Morgan fingerprint density at radius 2 is 2.40 bits per heavy atom. The van der Waals surface area contributed by atoms with Crippen LogP contribution in [-0.2, 0) is 16.3 Å². The van der Waals surface area contributed by atoms with Crippen molar-refractivity contribution in [3.05, 3.63) is 16.1 Å². The molecule has 0 bridgehead atoms. The molecule has 84 valence electrons. The van der Waals surface area contributed by atoms with Crippen molar-refractivity contribution >= 4 is 21.2 Å². The van der Waals surface area contributed by atoms with E-state index in [1.807, 2.05) is 5.38 Å². The van der Waals surface area contributed by atoms with E-state index < -0.39 is 9.84 Å². The van der Waals surface area contributed by atoms with E-state index in [1.165, 1.54) is 0 Å². The van der Waals surface area contributed by atoms with Gasteiger partial charge in [-0.1, -0.05) is 0 Å². The Balaban J connectivity index is 2.10. The Bertz CT molecular complexity index is 439. The molecule has 0 spiro atoms. The van der Waals surface area contributed by atoms with Crippen LogP contribution in [0.1, 0.15) is 23.0 Å². The average molecular weight is 246 g/mol. The van der Waals surface area contributed by atoms with Crippen LogP contribution in [0.2, 0.25) is 0 Å². The summed E-state index contributed by atoms with van der Waals surface area (Å²) >= 11 is 1.56. The zero-order chi connectivity index (χ0) is 10.9. The van der Waals surface area contributed by atoms with Crippen molar-refractivity contribution in [1.82, 2.24) is 4.98 Å². The van der Waals surface area contributed by atoms with Crippen LogP contribution in [0.4, 0.5) is 0 Å². The van der Waals surface area contributed by atoms with Gasteiger partial charge < -0.3 is 5.73 Å². The first-order valence-electron chi connectivity index (χ1n) is 4.95. The van der Waals surface area contributed by atoms with Crippen LogP contribution >= 0.6 is 11.3 Å². The quantitative estimate of drug-likeness (QED) is 0.845. The lowest BCUT2D eigenvalue weighted by Gasteiger charge is -2.01. The third-order valence-electron chi connectivity index (χ3n) is 2.55. The minimum Gasteiger partial charge on any atom is -0.330 e. The van der Waals surface area contributed by atoms with Gasteiger partial charge in [0.1, 0.15) is 0 Å². The summed E-state index contributed by atoms with van der Waals surface area (Å²) in [4.78, 5) is 4.42. The molecule has 0 aliphatic carbocycles. The molecule has 2 rings (SSSR count). The summed E-state index contributed by atoms with van der Waals surface area (Å²) in [7, 11) is -2.80. The van der Waals surface area contributed by atoms with Gasteiger partial charge in [-0.2, -0.15) is 0 Å². The fourth-order valence-corrected chi connectivity index (χ4v) is 4.61. The molecular formula is C9H14N2O2S2. The zero-order valence-corrected chi connectivity index (χ0v) is 9.98. The SMILES string of the molecule is NCCc1csc(C2CCS(=O)(=O)C2)n1. The van der Waals surface area contributed by atoms with E-state index in [0.717, 1.165) is 23.5 Å². The fourth-order valence-electron chi connectivity index (χ4n) is 1.76. The molecule has 1 atom stereocenters. The van der Waals surface area contributed by atoms with Gasteiger partial charge in [-0.15, -0.1) is 11.3 Å². The summed E-state index contributed by atoms with van der Waals surface area (Å²) < 4.78 is 22.6. The van der Waals surface area contributed by atoms with Gasteiger partial charge in [-0.3, -0.25) is 0 Å². The summed E-state index contributed by atoms with van der Waals surface area (Å²) in [5, 5.41) is 2.94. The third kappa shape index (κ3) is 2.56. The largest absolute Gasteiger partial charge is 0.330 e. The number of sulfone groups is 1. The number of nitrogens with zero attached hydrogens (tertiary/aromatic N) is 1. The van der Waals surface area contributed by atoms with Crippen LogP contribution in [-0.4, -0.2) is 31.5 Å². The molecule has 4 nitrogen and oxygen atoms in total. The van der Waals surface area contributed by atoms with Crippen molar-refractivity contribution in [3.8, 4) is 0 Å². The monoisotopic (exact) mass is 246 g/mol. The minimum atomic E-state index is -2.80. The highest BCUT2D eigenvalue weighted by molar-refractivity contribution is 7.91. The van der Waals surface area contributed by atoms with E-state index in [9.17, 15) is 8.42 Å². The Morgan fingerprint density at radius 1 is 1.60 bits per heavy atom. The van der Waals surface area contributed by atoms with Crippen LogP contribution in [0.25, 0.3) is 0 Å². The Kier molecular flexibility index (Phi) is 3.08. The number of rotatable bonds is 3. The van der Waals surface area contributed by atoms with Gasteiger partial charge in [0.25, 0.3) is 0 Å². The van der Waals surface area contributed by atoms with Gasteiger partial charge in [0.2, 0.25) is 0 Å². The molecule has 2 N–H and O–H groups in total. The predicted molar refractivity (Wildman–Crippen MR) is 60.9 cm³/mol. The maximum Gasteiger partial charge on any atom is 0.151 e. The number of thiazole rings is 1. The highest BCUT2D eigenvalue weighted by atomic mass is 32.2. The van der Waals surface area contributed by atoms with Crippen molar-refractivity contribution in [2.45, 2.75) is 18.8 Å². The second kappa shape index (κ2) is 4.19. The van der Waals surface area contributed by atoms with Crippen LogP contribution in [0.3, 0.4) is 0 Å². The van der Waals surface area contributed by atoms with Gasteiger partial charge in [0.15, 0.2) is 9.84 Å². The average Bonchev–Trinajstić information content (AvgIpc) is 2.73. The smallest absolute Gasteiger partial charge is 0.151 e. The molecule has 0 aromatic carbocycles. The molecule has 0 saturated carbocycles. The molecule has 1 unspecified atom stereocenters. The molecule has 0 radical (unpaired) electrons. The number of nitrogens with two attached hydrogens (primary N) is 1. The van der Waals surface area contributed by atoms with Crippen molar-refractivity contribution in [3.63, 3.8) is 0 Å². The summed E-state index contributed by atoms with van der Waals surface area (Å²) in [6, 6.07) is 0. The van der Waals surface area contributed by atoms with Gasteiger partial charge in [0, 0.05) is 17.7 Å². The fraction of sp³-hybridized carbons (Fsp3) is 0.667. The van der Waals surface area contributed by atoms with E-state index >= 15 is 0 Å². The highest BCUT2D eigenvalue weighted by Gasteiger charge is 2.30. The third-order valence-corrected chi connectivity index (χ3v) is 5.38. The molecule has 1 aromatic rings. The van der Waals surface area contributed by atoms with E-state index in [2.05, 4.69) is 4.98 Å². The molecule has 0 amide bonds. The van der Waals surface area contributed by atoms with E-state index in [1.54, 1.807) is 11.3 Å². The second-order valence-electron chi connectivity index (χ2n) is 3.82. The molecular weight excluding hydrogens is 232 g/mol. The molecule has 1 saturated heterocycles. The van der Waals surface area contributed by atoms with Crippen LogP contribution in [0, 0.1) is 0 Å². The molecule has 2 heterocycles. The molecule has 6 heteroatoms. The summed E-state index contributed by atoms with van der Waals surface area (Å²) in [5.74, 6) is 0.693. The Labute approximate surface area is 93.4 Å². The summed E-state index contributed by atoms with van der Waals surface area (Å²) in [5.41, 5.74) is 6.42. The summed E-state index contributed by atoms with van der Waals surface area (Å²) in [6.45, 7) is 0.589. The van der Waals surface area contributed by atoms with E-state index in [-0.39, 0.29) is 11.7 Å². The lowest BCUT2D eigenvalue weighted by atomic mass is 10.1. The number of hydrogen-bond acceptors (Lipinski definition) is 5. The minimum absolute atomic E-state index is 0.117. The molecule has 1 fully saturated rings. The second-order valence-corrected chi connectivity index (χ2v) is 6.93. The van der Waals surface area contributed by atoms with Gasteiger partial charge in [-0.25, -0.2) is 13.4 Å². The molecule has 1 aliphatic rings. The van der Waals surface area contributed by atoms with E-state index in [4.69, 9.17) is 5.73 Å². The zero-order valence-electron chi connectivity index (χ0n) is 8.35. The number of aromatic nitrogens is 1. The first-order valence-corrected chi connectivity index (χ1v) is 7.65. The first-order chi connectivity index (χ1) is 7.11. The topological polar surface area (TPSA) is 73.1 Å². The van der Waals surface area contributed by atoms with Gasteiger partial charge >= 0.3 is 0 Å². The molecule has 1 aliphatic heterocycles. The van der Waals surface area contributed by atoms with Gasteiger partial charge in [0.05, 0.1) is 22.2 Å². The summed E-state index contributed by atoms with van der Waals surface area (Å²) in [6.07, 6.45) is 1.49. The number of hydrogen-bond donors (Lipinski definition) is 1. The van der Waals surface area contributed by atoms with Crippen LogP contribution in [0.5, 0.6) is 0 Å². The van der Waals surface area contributed by atoms with Crippen molar-refractivity contribution < 1.29 is 8.42 Å². The maximum atomic E-state index is 11.3.